The summed E-state index contributed by atoms with van der Waals surface area (Å²) in [5.74, 6) is 0.899. The number of hydrogen-bond donors (Lipinski definition) is 2. The van der Waals surface area contributed by atoms with Crippen molar-refractivity contribution in [3.63, 3.8) is 0 Å². The fourth-order valence-corrected chi connectivity index (χ4v) is 2.87. The van der Waals surface area contributed by atoms with Crippen LogP contribution in [0.4, 0.5) is 0 Å². The lowest BCUT2D eigenvalue weighted by Crippen LogP contribution is -2.34. The topological polar surface area (TPSA) is 55.5 Å². The molecular formula is C17H28ClNO2. The molecular weight excluding hydrogens is 286 g/mol. The molecule has 1 aromatic carbocycles. The SMILES string of the molecule is CCCC(N)C(O)CCc1c(C)c(Cl)cc(C)c1OCC. The van der Waals surface area contributed by atoms with Crippen molar-refractivity contribution in [2.24, 2.45) is 5.73 Å². The van der Waals surface area contributed by atoms with Gasteiger partial charge in [0.15, 0.2) is 0 Å². The molecule has 0 radical (unpaired) electrons. The summed E-state index contributed by atoms with van der Waals surface area (Å²) < 4.78 is 5.77. The van der Waals surface area contributed by atoms with Gasteiger partial charge in [-0.2, -0.15) is 0 Å². The molecule has 0 fully saturated rings. The first kappa shape index (κ1) is 18.3. The van der Waals surface area contributed by atoms with E-state index >= 15 is 0 Å². The second kappa shape index (κ2) is 8.62. The summed E-state index contributed by atoms with van der Waals surface area (Å²) >= 11 is 6.28. The van der Waals surface area contributed by atoms with Gasteiger partial charge in [0.05, 0.1) is 12.7 Å². The van der Waals surface area contributed by atoms with Crippen molar-refractivity contribution < 1.29 is 9.84 Å². The highest BCUT2D eigenvalue weighted by atomic mass is 35.5. The molecule has 4 heteroatoms. The Kier molecular flexibility index (Phi) is 7.50. The second-order valence-corrected chi connectivity index (χ2v) is 6.01. The third-order valence-corrected chi connectivity index (χ3v) is 4.27. The lowest BCUT2D eigenvalue weighted by Gasteiger charge is -2.21. The van der Waals surface area contributed by atoms with E-state index in [0.717, 1.165) is 46.7 Å². The van der Waals surface area contributed by atoms with Gasteiger partial charge in [0, 0.05) is 11.1 Å². The van der Waals surface area contributed by atoms with Crippen molar-refractivity contribution in [1.82, 2.24) is 0 Å². The first-order valence-corrected chi connectivity index (χ1v) is 8.15. The fraction of sp³-hybridized carbons (Fsp3) is 0.647. The third-order valence-electron chi connectivity index (χ3n) is 3.88. The zero-order valence-corrected chi connectivity index (χ0v) is 14.3. The molecule has 0 aliphatic heterocycles. The van der Waals surface area contributed by atoms with E-state index in [1.165, 1.54) is 0 Å². The Bertz CT molecular complexity index is 463. The number of ether oxygens (including phenoxy) is 1. The first-order chi connectivity index (χ1) is 9.92. The summed E-state index contributed by atoms with van der Waals surface area (Å²) in [6, 6.07) is 1.77. The molecule has 0 bridgehead atoms. The van der Waals surface area contributed by atoms with Crippen LogP contribution in [0.5, 0.6) is 5.75 Å². The van der Waals surface area contributed by atoms with Gasteiger partial charge in [-0.25, -0.2) is 0 Å². The standard InChI is InChI=1S/C17H28ClNO2/c1-5-7-15(19)16(20)9-8-13-12(4)14(18)10-11(3)17(13)21-6-2/h10,15-16,20H,5-9,19H2,1-4H3. The molecule has 21 heavy (non-hydrogen) atoms. The van der Waals surface area contributed by atoms with Crippen molar-refractivity contribution in [3.05, 3.63) is 27.8 Å². The van der Waals surface area contributed by atoms with Crippen LogP contribution in [-0.4, -0.2) is 23.9 Å². The van der Waals surface area contributed by atoms with E-state index in [2.05, 4.69) is 6.92 Å². The molecule has 0 aliphatic rings. The van der Waals surface area contributed by atoms with Crippen LogP contribution < -0.4 is 10.5 Å². The molecule has 3 nitrogen and oxygen atoms in total. The summed E-state index contributed by atoms with van der Waals surface area (Å²) in [4.78, 5) is 0. The predicted molar refractivity (Wildman–Crippen MR) is 89.3 cm³/mol. The van der Waals surface area contributed by atoms with E-state index in [9.17, 15) is 5.11 Å². The lowest BCUT2D eigenvalue weighted by atomic mass is 9.95. The van der Waals surface area contributed by atoms with Crippen LogP contribution in [0.15, 0.2) is 6.07 Å². The van der Waals surface area contributed by atoms with Crippen LogP contribution in [0.1, 0.15) is 49.8 Å². The molecule has 120 valence electrons. The van der Waals surface area contributed by atoms with Crippen LogP contribution in [0, 0.1) is 13.8 Å². The van der Waals surface area contributed by atoms with Crippen molar-refractivity contribution >= 4 is 11.6 Å². The first-order valence-electron chi connectivity index (χ1n) is 7.77. The van der Waals surface area contributed by atoms with Crippen LogP contribution >= 0.6 is 11.6 Å². The smallest absolute Gasteiger partial charge is 0.125 e. The van der Waals surface area contributed by atoms with E-state index in [0.29, 0.717) is 13.0 Å². The molecule has 3 N–H and O–H groups in total. The Hall–Kier alpha value is -0.770. The number of halogens is 1. The van der Waals surface area contributed by atoms with E-state index in [4.69, 9.17) is 22.1 Å². The van der Waals surface area contributed by atoms with E-state index in [1.54, 1.807) is 0 Å². The molecule has 0 spiro atoms. The number of nitrogens with two attached hydrogens (primary N) is 1. The highest BCUT2D eigenvalue weighted by molar-refractivity contribution is 6.31. The van der Waals surface area contributed by atoms with E-state index in [1.807, 2.05) is 26.8 Å². The maximum atomic E-state index is 10.2. The molecule has 1 aromatic rings. The number of benzene rings is 1. The highest BCUT2D eigenvalue weighted by Gasteiger charge is 2.18. The molecule has 0 amide bonds. The number of aliphatic hydroxyl groups is 1. The van der Waals surface area contributed by atoms with Gasteiger partial charge in [-0.3, -0.25) is 0 Å². The zero-order chi connectivity index (χ0) is 16.0. The normalized spacial score (nSPS) is 14.0. The average Bonchev–Trinajstić information content (AvgIpc) is 2.44. The summed E-state index contributed by atoms with van der Waals surface area (Å²) in [7, 11) is 0. The summed E-state index contributed by atoms with van der Waals surface area (Å²) in [6.45, 7) is 8.66. The van der Waals surface area contributed by atoms with E-state index < -0.39 is 6.10 Å². The maximum Gasteiger partial charge on any atom is 0.125 e. The van der Waals surface area contributed by atoms with Crippen molar-refractivity contribution in [3.8, 4) is 5.75 Å². The van der Waals surface area contributed by atoms with Gasteiger partial charge in [0.25, 0.3) is 0 Å². The quantitative estimate of drug-likeness (QED) is 0.768. The zero-order valence-electron chi connectivity index (χ0n) is 13.6. The van der Waals surface area contributed by atoms with Gasteiger partial charge in [0.2, 0.25) is 0 Å². The van der Waals surface area contributed by atoms with Gasteiger partial charge in [-0.1, -0.05) is 24.9 Å². The molecule has 2 atom stereocenters. The minimum Gasteiger partial charge on any atom is -0.493 e. The van der Waals surface area contributed by atoms with Gasteiger partial charge in [0.1, 0.15) is 5.75 Å². The largest absolute Gasteiger partial charge is 0.493 e. The number of hydrogen-bond acceptors (Lipinski definition) is 3. The number of aliphatic hydroxyl groups excluding tert-OH is 1. The molecule has 0 aromatic heterocycles. The maximum absolute atomic E-state index is 10.2. The third kappa shape index (κ3) is 4.87. The van der Waals surface area contributed by atoms with Crippen LogP contribution in [0.25, 0.3) is 0 Å². The second-order valence-electron chi connectivity index (χ2n) is 5.60. The van der Waals surface area contributed by atoms with Gasteiger partial charge in [-0.15, -0.1) is 0 Å². The Balaban J connectivity index is 2.91. The minimum atomic E-state index is -0.488. The van der Waals surface area contributed by atoms with Crippen LogP contribution in [-0.2, 0) is 6.42 Å². The monoisotopic (exact) mass is 313 g/mol. The Morgan fingerprint density at radius 3 is 2.52 bits per heavy atom. The summed E-state index contributed by atoms with van der Waals surface area (Å²) in [5.41, 5.74) is 9.13. The predicted octanol–water partition coefficient (Wildman–Crippen LogP) is 3.78. The van der Waals surface area contributed by atoms with Crippen LogP contribution in [0.2, 0.25) is 5.02 Å². The van der Waals surface area contributed by atoms with Crippen molar-refractivity contribution in [2.75, 3.05) is 6.61 Å². The van der Waals surface area contributed by atoms with Crippen molar-refractivity contribution in [1.29, 1.82) is 0 Å². The average molecular weight is 314 g/mol. The molecule has 2 unspecified atom stereocenters. The molecule has 1 rings (SSSR count). The lowest BCUT2D eigenvalue weighted by molar-refractivity contribution is 0.130. The molecule has 0 saturated carbocycles. The van der Waals surface area contributed by atoms with Gasteiger partial charge in [-0.05, 0) is 62.8 Å². The minimum absolute atomic E-state index is 0.161. The van der Waals surface area contributed by atoms with Gasteiger partial charge >= 0.3 is 0 Å². The Morgan fingerprint density at radius 2 is 1.95 bits per heavy atom. The van der Waals surface area contributed by atoms with Gasteiger partial charge < -0.3 is 15.6 Å². The molecule has 0 heterocycles. The molecule has 0 aliphatic carbocycles. The molecule has 0 saturated heterocycles. The Morgan fingerprint density at radius 1 is 1.29 bits per heavy atom. The van der Waals surface area contributed by atoms with E-state index in [-0.39, 0.29) is 6.04 Å². The highest BCUT2D eigenvalue weighted by Crippen LogP contribution is 2.33. The summed E-state index contributed by atoms with van der Waals surface area (Å²) in [6.07, 6.45) is 2.69. The number of rotatable bonds is 8. The van der Waals surface area contributed by atoms with Crippen molar-refractivity contribution in [2.45, 2.75) is 65.5 Å². The Labute approximate surface area is 133 Å². The fourth-order valence-electron chi connectivity index (χ4n) is 2.59. The number of aryl methyl sites for hydroxylation is 1. The summed E-state index contributed by atoms with van der Waals surface area (Å²) in [5, 5.41) is 10.9. The van der Waals surface area contributed by atoms with Crippen LogP contribution in [0.3, 0.4) is 0 Å².